The number of hydrogen-bond acceptors (Lipinski definition) is 4. The van der Waals surface area contributed by atoms with Crippen molar-refractivity contribution in [1.29, 1.82) is 0 Å². The molecule has 2 heterocycles. The molecule has 38 heavy (non-hydrogen) atoms. The standard InChI is InChI=1S/C30H28F3NO4/c31-30(32,33)38-22-7-5-6-19(14-22)15-29(36)16-20-12-13-21(17-29)34(20)28(35)37-18-27-25-10-3-1-8-23(25)24-9-2-4-11-26(24)27/h1-11,14,20-21,27,36H,12-13,15-18H2. The van der Waals surface area contributed by atoms with Crippen LogP contribution in [-0.2, 0) is 11.2 Å². The van der Waals surface area contributed by atoms with Crippen molar-refractivity contribution in [3.05, 3.63) is 89.5 Å². The molecule has 0 saturated carbocycles. The third-order valence-corrected chi connectivity index (χ3v) is 8.06. The molecule has 3 aromatic carbocycles. The van der Waals surface area contributed by atoms with Crippen LogP contribution in [0.25, 0.3) is 11.1 Å². The number of fused-ring (bicyclic) bond motifs is 5. The number of rotatable bonds is 5. The van der Waals surface area contributed by atoms with Crippen molar-refractivity contribution in [1.82, 2.24) is 4.90 Å². The number of carbonyl (C=O) groups is 1. The van der Waals surface area contributed by atoms with Crippen molar-refractivity contribution in [3.8, 4) is 16.9 Å². The number of piperidine rings is 1. The zero-order chi connectivity index (χ0) is 26.5. The molecular formula is C30H28F3NO4. The van der Waals surface area contributed by atoms with Crippen LogP contribution >= 0.6 is 0 Å². The number of halogens is 3. The van der Waals surface area contributed by atoms with Crippen LogP contribution in [0, 0.1) is 0 Å². The van der Waals surface area contributed by atoms with Crippen molar-refractivity contribution >= 4 is 6.09 Å². The average Bonchev–Trinajstić information content (AvgIpc) is 3.34. The number of ether oxygens (including phenoxy) is 2. The first-order valence-corrected chi connectivity index (χ1v) is 12.9. The SMILES string of the molecule is O=C(OCC1c2ccccc2-c2ccccc21)N1C2CCC1CC(O)(Cc1cccc(OC(F)(F)F)c1)C2. The summed E-state index contributed by atoms with van der Waals surface area (Å²) in [6, 6.07) is 21.7. The summed E-state index contributed by atoms with van der Waals surface area (Å²) in [7, 11) is 0. The number of amides is 1. The minimum atomic E-state index is -4.77. The molecule has 2 fully saturated rings. The van der Waals surface area contributed by atoms with E-state index >= 15 is 0 Å². The van der Waals surface area contributed by atoms with Gasteiger partial charge in [-0.3, -0.25) is 0 Å². The van der Waals surface area contributed by atoms with E-state index in [4.69, 9.17) is 4.74 Å². The Kier molecular flexibility index (Phi) is 6.10. The highest BCUT2D eigenvalue weighted by Gasteiger charge is 2.50. The number of hydrogen-bond donors (Lipinski definition) is 1. The van der Waals surface area contributed by atoms with Crippen LogP contribution in [0.1, 0.15) is 48.3 Å². The van der Waals surface area contributed by atoms with Gasteiger partial charge < -0.3 is 19.5 Å². The number of aliphatic hydroxyl groups is 1. The maximum atomic E-state index is 13.3. The minimum Gasteiger partial charge on any atom is -0.448 e. The highest BCUT2D eigenvalue weighted by Crippen LogP contribution is 2.46. The fraction of sp³-hybridized carbons (Fsp3) is 0.367. The molecule has 1 N–H and O–H groups in total. The first-order valence-electron chi connectivity index (χ1n) is 12.9. The molecule has 6 rings (SSSR count). The van der Waals surface area contributed by atoms with Gasteiger partial charge in [-0.2, -0.15) is 0 Å². The lowest BCUT2D eigenvalue weighted by molar-refractivity contribution is -0.274. The number of nitrogens with zero attached hydrogens (tertiary/aromatic N) is 1. The Bertz CT molecular complexity index is 1300. The maximum Gasteiger partial charge on any atom is 0.573 e. The monoisotopic (exact) mass is 523 g/mol. The van der Waals surface area contributed by atoms with Crippen LogP contribution in [0.4, 0.5) is 18.0 Å². The van der Waals surface area contributed by atoms with Gasteiger partial charge in [0.05, 0.1) is 5.60 Å². The van der Waals surface area contributed by atoms with Gasteiger partial charge in [-0.1, -0.05) is 60.7 Å². The van der Waals surface area contributed by atoms with Crippen LogP contribution in [0.15, 0.2) is 72.8 Å². The minimum absolute atomic E-state index is 0.0306. The zero-order valence-corrected chi connectivity index (χ0v) is 20.7. The van der Waals surface area contributed by atoms with Gasteiger partial charge in [-0.15, -0.1) is 13.2 Å². The fourth-order valence-electron chi connectivity index (χ4n) is 6.67. The lowest BCUT2D eigenvalue weighted by atomic mass is 9.81. The van der Waals surface area contributed by atoms with E-state index in [2.05, 4.69) is 29.0 Å². The Morgan fingerprint density at radius 1 is 0.921 bits per heavy atom. The Morgan fingerprint density at radius 3 is 2.13 bits per heavy atom. The van der Waals surface area contributed by atoms with E-state index in [9.17, 15) is 23.1 Å². The molecule has 1 aliphatic carbocycles. The second-order valence-electron chi connectivity index (χ2n) is 10.6. The van der Waals surface area contributed by atoms with Gasteiger partial charge in [0.15, 0.2) is 0 Å². The lowest BCUT2D eigenvalue weighted by Crippen LogP contribution is -2.54. The largest absolute Gasteiger partial charge is 0.573 e. The van der Waals surface area contributed by atoms with Crippen LogP contribution in [0.2, 0.25) is 0 Å². The van der Waals surface area contributed by atoms with Crippen molar-refractivity contribution in [2.75, 3.05) is 6.61 Å². The third kappa shape index (κ3) is 4.73. The highest BCUT2D eigenvalue weighted by molar-refractivity contribution is 5.79. The van der Waals surface area contributed by atoms with Crippen LogP contribution in [-0.4, -0.2) is 46.8 Å². The predicted molar refractivity (Wildman–Crippen MR) is 135 cm³/mol. The normalized spacial score (nSPS) is 24.2. The van der Waals surface area contributed by atoms with Crippen LogP contribution in [0.3, 0.4) is 0 Å². The summed E-state index contributed by atoms with van der Waals surface area (Å²) in [5.41, 5.74) is 4.06. The quantitative estimate of drug-likeness (QED) is 0.419. The van der Waals surface area contributed by atoms with Gasteiger partial charge in [-0.05, 0) is 65.6 Å². The highest BCUT2D eigenvalue weighted by atomic mass is 19.4. The summed E-state index contributed by atoms with van der Waals surface area (Å²) >= 11 is 0. The molecule has 198 valence electrons. The van der Waals surface area contributed by atoms with E-state index < -0.39 is 12.0 Å². The predicted octanol–water partition coefficient (Wildman–Crippen LogP) is 6.43. The summed E-state index contributed by atoms with van der Waals surface area (Å²) in [6.45, 7) is 0.235. The number of benzene rings is 3. The summed E-state index contributed by atoms with van der Waals surface area (Å²) in [4.78, 5) is 15.1. The lowest BCUT2D eigenvalue weighted by Gasteiger charge is -2.43. The van der Waals surface area contributed by atoms with Crippen molar-refractivity contribution < 1.29 is 32.5 Å². The number of carbonyl (C=O) groups excluding carboxylic acids is 1. The van der Waals surface area contributed by atoms with Crippen LogP contribution in [0.5, 0.6) is 5.75 Å². The Labute approximate surface area is 218 Å². The Balaban J connectivity index is 1.12. The average molecular weight is 524 g/mol. The molecule has 8 heteroatoms. The summed E-state index contributed by atoms with van der Waals surface area (Å²) < 4.78 is 47.8. The summed E-state index contributed by atoms with van der Waals surface area (Å²) in [6.07, 6.45) is -2.75. The molecule has 2 unspecified atom stereocenters. The molecular weight excluding hydrogens is 495 g/mol. The Hall–Kier alpha value is -3.52. The molecule has 3 aliphatic rings. The second kappa shape index (κ2) is 9.34. The zero-order valence-electron chi connectivity index (χ0n) is 20.7. The van der Waals surface area contributed by atoms with Gasteiger partial charge in [0.1, 0.15) is 12.4 Å². The molecule has 0 radical (unpaired) electrons. The fourth-order valence-corrected chi connectivity index (χ4v) is 6.67. The van der Waals surface area contributed by atoms with E-state index in [1.165, 1.54) is 18.2 Å². The van der Waals surface area contributed by atoms with Gasteiger partial charge in [0.2, 0.25) is 0 Å². The number of alkyl halides is 3. The Morgan fingerprint density at radius 2 is 1.53 bits per heavy atom. The summed E-state index contributed by atoms with van der Waals surface area (Å²) in [5.74, 6) is -0.338. The van der Waals surface area contributed by atoms with Gasteiger partial charge in [0.25, 0.3) is 0 Å². The van der Waals surface area contributed by atoms with Gasteiger partial charge >= 0.3 is 12.5 Å². The van der Waals surface area contributed by atoms with Crippen molar-refractivity contribution in [3.63, 3.8) is 0 Å². The topological polar surface area (TPSA) is 59.0 Å². The van der Waals surface area contributed by atoms with Gasteiger partial charge in [0, 0.05) is 24.4 Å². The molecule has 2 bridgehead atoms. The second-order valence-corrected chi connectivity index (χ2v) is 10.6. The van der Waals surface area contributed by atoms with Gasteiger partial charge in [-0.25, -0.2) is 4.79 Å². The smallest absolute Gasteiger partial charge is 0.448 e. The first-order chi connectivity index (χ1) is 18.2. The third-order valence-electron chi connectivity index (χ3n) is 8.06. The van der Waals surface area contributed by atoms with E-state index in [0.29, 0.717) is 18.4 Å². The van der Waals surface area contributed by atoms with E-state index in [1.54, 1.807) is 11.0 Å². The molecule has 2 saturated heterocycles. The molecule has 2 atom stereocenters. The molecule has 5 nitrogen and oxygen atoms in total. The van der Waals surface area contributed by atoms with Crippen molar-refractivity contribution in [2.24, 2.45) is 0 Å². The molecule has 3 aromatic rings. The molecule has 0 aromatic heterocycles. The summed E-state index contributed by atoms with van der Waals surface area (Å²) in [5, 5.41) is 11.4. The first kappa shape index (κ1) is 24.8. The van der Waals surface area contributed by atoms with E-state index in [1.807, 2.05) is 24.3 Å². The van der Waals surface area contributed by atoms with Crippen molar-refractivity contribution in [2.45, 2.75) is 62.1 Å². The maximum absolute atomic E-state index is 13.3. The van der Waals surface area contributed by atoms with E-state index in [0.717, 1.165) is 35.1 Å². The molecule has 2 aliphatic heterocycles. The molecule has 1 amide bonds. The van der Waals surface area contributed by atoms with Crippen LogP contribution < -0.4 is 4.74 Å². The van der Waals surface area contributed by atoms with E-state index in [-0.39, 0.29) is 42.9 Å². The molecule has 0 spiro atoms.